The van der Waals surface area contributed by atoms with Crippen molar-refractivity contribution >= 4 is 24.8 Å². The minimum absolute atomic E-state index is 0. The van der Waals surface area contributed by atoms with Crippen LogP contribution in [0, 0.1) is 0 Å². The highest BCUT2D eigenvalue weighted by molar-refractivity contribution is 5.85. The predicted octanol–water partition coefficient (Wildman–Crippen LogP) is 1.05. The number of aliphatic hydroxyl groups excluding tert-OH is 1. The second kappa shape index (κ2) is 10.7. The Kier molecular flexibility index (Phi) is 12.3. The molecule has 14 heavy (non-hydrogen) atoms. The molecular formula is C9H16Cl2N2O. The first-order valence-electron chi connectivity index (χ1n) is 4.15. The monoisotopic (exact) mass is 238 g/mol. The van der Waals surface area contributed by atoms with Gasteiger partial charge in [0, 0.05) is 31.4 Å². The van der Waals surface area contributed by atoms with Gasteiger partial charge < -0.3 is 10.4 Å². The Hall–Kier alpha value is -0.350. The van der Waals surface area contributed by atoms with Crippen LogP contribution in [0.1, 0.15) is 5.69 Å². The molecule has 0 spiro atoms. The quantitative estimate of drug-likeness (QED) is 0.755. The summed E-state index contributed by atoms with van der Waals surface area (Å²) in [5.74, 6) is 0. The van der Waals surface area contributed by atoms with Crippen LogP contribution >= 0.6 is 24.8 Å². The lowest BCUT2D eigenvalue weighted by Gasteiger charge is -2.01. The van der Waals surface area contributed by atoms with Gasteiger partial charge in [-0.25, -0.2) is 0 Å². The fourth-order valence-corrected chi connectivity index (χ4v) is 0.967. The summed E-state index contributed by atoms with van der Waals surface area (Å²) in [6.45, 7) is 1.73. The van der Waals surface area contributed by atoms with Crippen LogP contribution in [0.5, 0.6) is 0 Å². The molecular weight excluding hydrogens is 223 g/mol. The number of aliphatic hydroxyl groups is 1. The third-order valence-corrected chi connectivity index (χ3v) is 1.57. The zero-order chi connectivity index (χ0) is 8.65. The van der Waals surface area contributed by atoms with Gasteiger partial charge in [-0.1, -0.05) is 6.07 Å². The van der Waals surface area contributed by atoms with Crippen molar-refractivity contribution in [1.82, 2.24) is 10.3 Å². The van der Waals surface area contributed by atoms with Gasteiger partial charge in [0.05, 0.1) is 6.61 Å². The highest BCUT2D eigenvalue weighted by atomic mass is 35.5. The molecule has 2 N–H and O–H groups in total. The lowest BCUT2D eigenvalue weighted by Crippen LogP contribution is -2.21. The first-order valence-corrected chi connectivity index (χ1v) is 4.15. The van der Waals surface area contributed by atoms with Crippen molar-refractivity contribution < 1.29 is 5.11 Å². The fourth-order valence-electron chi connectivity index (χ4n) is 0.967. The molecule has 5 heteroatoms. The van der Waals surface area contributed by atoms with Gasteiger partial charge >= 0.3 is 0 Å². The van der Waals surface area contributed by atoms with Gasteiger partial charge in [-0.05, 0) is 12.1 Å². The zero-order valence-electron chi connectivity index (χ0n) is 7.85. The molecule has 1 aromatic rings. The largest absolute Gasteiger partial charge is 0.395 e. The molecule has 1 aromatic heterocycles. The van der Waals surface area contributed by atoms with E-state index < -0.39 is 0 Å². The van der Waals surface area contributed by atoms with E-state index in [1.807, 2.05) is 18.2 Å². The van der Waals surface area contributed by atoms with Gasteiger partial charge in [0.15, 0.2) is 0 Å². The maximum Gasteiger partial charge on any atom is 0.0555 e. The summed E-state index contributed by atoms with van der Waals surface area (Å²) in [4.78, 5) is 4.17. The highest BCUT2D eigenvalue weighted by Crippen LogP contribution is 1.92. The third kappa shape index (κ3) is 7.09. The van der Waals surface area contributed by atoms with E-state index in [0.29, 0.717) is 6.54 Å². The van der Waals surface area contributed by atoms with E-state index in [0.717, 1.165) is 18.7 Å². The van der Waals surface area contributed by atoms with Gasteiger partial charge in [0.2, 0.25) is 0 Å². The molecule has 0 atom stereocenters. The number of aromatic nitrogens is 1. The van der Waals surface area contributed by atoms with Gasteiger partial charge in [-0.15, -0.1) is 24.8 Å². The minimum atomic E-state index is 0. The summed E-state index contributed by atoms with van der Waals surface area (Å²) in [5, 5.41) is 11.6. The molecule has 1 heterocycles. The van der Waals surface area contributed by atoms with Crippen molar-refractivity contribution in [3.8, 4) is 0 Å². The lowest BCUT2D eigenvalue weighted by molar-refractivity contribution is 0.292. The van der Waals surface area contributed by atoms with E-state index in [1.54, 1.807) is 6.20 Å². The molecule has 0 aliphatic heterocycles. The second-order valence-electron chi connectivity index (χ2n) is 2.54. The number of nitrogens with one attached hydrogen (secondary N) is 1. The van der Waals surface area contributed by atoms with E-state index in [1.165, 1.54) is 0 Å². The third-order valence-electron chi connectivity index (χ3n) is 1.57. The smallest absolute Gasteiger partial charge is 0.0555 e. The van der Waals surface area contributed by atoms with Crippen LogP contribution in [-0.4, -0.2) is 29.8 Å². The highest BCUT2D eigenvalue weighted by Gasteiger charge is 1.90. The van der Waals surface area contributed by atoms with Crippen LogP contribution < -0.4 is 5.32 Å². The topological polar surface area (TPSA) is 45.1 Å². The molecule has 0 amide bonds. The average molecular weight is 239 g/mol. The first-order chi connectivity index (χ1) is 5.93. The van der Waals surface area contributed by atoms with Crippen LogP contribution in [0.2, 0.25) is 0 Å². The normalized spacial score (nSPS) is 8.64. The summed E-state index contributed by atoms with van der Waals surface area (Å²) in [6, 6.07) is 5.89. The fraction of sp³-hybridized carbons (Fsp3) is 0.444. The molecule has 0 aliphatic rings. The number of pyridine rings is 1. The Morgan fingerprint density at radius 2 is 2.00 bits per heavy atom. The van der Waals surface area contributed by atoms with Crippen molar-refractivity contribution in [3.63, 3.8) is 0 Å². The Labute approximate surface area is 96.8 Å². The molecule has 82 valence electrons. The van der Waals surface area contributed by atoms with Gasteiger partial charge in [0.25, 0.3) is 0 Å². The summed E-state index contributed by atoms with van der Waals surface area (Å²) in [7, 11) is 0. The van der Waals surface area contributed by atoms with E-state index >= 15 is 0 Å². The van der Waals surface area contributed by atoms with Crippen molar-refractivity contribution in [1.29, 1.82) is 0 Å². The number of hydrogen-bond donors (Lipinski definition) is 2. The zero-order valence-corrected chi connectivity index (χ0v) is 9.48. The molecule has 3 nitrogen and oxygen atoms in total. The first kappa shape index (κ1) is 16.1. The Morgan fingerprint density at radius 3 is 2.57 bits per heavy atom. The summed E-state index contributed by atoms with van der Waals surface area (Å²) in [5.41, 5.74) is 1.09. The van der Waals surface area contributed by atoms with Gasteiger partial charge in [-0.3, -0.25) is 4.98 Å². The van der Waals surface area contributed by atoms with Crippen molar-refractivity contribution in [2.75, 3.05) is 19.7 Å². The number of rotatable bonds is 5. The van der Waals surface area contributed by atoms with E-state index in [-0.39, 0.29) is 31.4 Å². The SMILES string of the molecule is Cl.Cl.OCCNCCc1ccccn1. The van der Waals surface area contributed by atoms with Crippen LogP contribution in [0.15, 0.2) is 24.4 Å². The minimum Gasteiger partial charge on any atom is -0.395 e. The molecule has 0 saturated carbocycles. The van der Waals surface area contributed by atoms with Crippen molar-refractivity contribution in [3.05, 3.63) is 30.1 Å². The van der Waals surface area contributed by atoms with Crippen molar-refractivity contribution in [2.24, 2.45) is 0 Å². The Morgan fingerprint density at radius 1 is 1.21 bits per heavy atom. The van der Waals surface area contributed by atoms with Crippen LogP contribution in [0.4, 0.5) is 0 Å². The summed E-state index contributed by atoms with van der Waals surface area (Å²) >= 11 is 0. The maximum absolute atomic E-state index is 8.49. The van der Waals surface area contributed by atoms with E-state index in [4.69, 9.17) is 5.11 Å². The molecule has 0 fully saturated rings. The predicted molar refractivity (Wildman–Crippen MR) is 62.4 cm³/mol. The van der Waals surface area contributed by atoms with Crippen LogP contribution in [0.3, 0.4) is 0 Å². The molecule has 0 unspecified atom stereocenters. The molecule has 0 aliphatic carbocycles. The Balaban J connectivity index is 0. The standard InChI is InChI=1S/C9H14N2O.2ClH/c12-8-7-10-6-4-9-3-1-2-5-11-9;;/h1-3,5,10,12H,4,6-8H2;2*1H. The van der Waals surface area contributed by atoms with Gasteiger partial charge in [-0.2, -0.15) is 0 Å². The van der Waals surface area contributed by atoms with Crippen molar-refractivity contribution in [2.45, 2.75) is 6.42 Å². The Bertz CT molecular complexity index is 209. The molecule has 0 bridgehead atoms. The van der Waals surface area contributed by atoms with Gasteiger partial charge in [0.1, 0.15) is 0 Å². The lowest BCUT2D eigenvalue weighted by atomic mass is 10.3. The van der Waals surface area contributed by atoms with E-state index in [2.05, 4.69) is 10.3 Å². The molecule has 0 aromatic carbocycles. The van der Waals surface area contributed by atoms with Crippen LogP contribution in [-0.2, 0) is 6.42 Å². The average Bonchev–Trinajstić information content (AvgIpc) is 2.14. The summed E-state index contributed by atoms with van der Waals surface area (Å²) < 4.78 is 0. The number of nitrogens with zero attached hydrogens (tertiary/aromatic N) is 1. The second-order valence-corrected chi connectivity index (χ2v) is 2.54. The molecule has 1 rings (SSSR count). The number of halogens is 2. The number of hydrogen-bond acceptors (Lipinski definition) is 3. The maximum atomic E-state index is 8.49. The van der Waals surface area contributed by atoms with E-state index in [9.17, 15) is 0 Å². The molecule has 0 saturated heterocycles. The van der Waals surface area contributed by atoms with Crippen LogP contribution in [0.25, 0.3) is 0 Å². The molecule has 0 radical (unpaired) electrons. The summed E-state index contributed by atoms with van der Waals surface area (Å²) in [6.07, 6.45) is 2.71.